The SMILES string of the molecule is CCOC(C)(C)CNC(=O)C(C)C(C)N. The summed E-state index contributed by atoms with van der Waals surface area (Å²) in [5.74, 6) is -0.180. The Balaban J connectivity index is 4.00. The highest BCUT2D eigenvalue weighted by Gasteiger charge is 2.22. The van der Waals surface area contributed by atoms with Gasteiger partial charge in [0, 0.05) is 25.1 Å². The molecule has 0 bridgehead atoms. The Morgan fingerprint density at radius 1 is 1.47 bits per heavy atom. The van der Waals surface area contributed by atoms with E-state index in [9.17, 15) is 4.79 Å². The molecule has 0 aromatic carbocycles. The largest absolute Gasteiger partial charge is 0.374 e. The average molecular weight is 216 g/mol. The first-order valence-corrected chi connectivity index (χ1v) is 5.47. The highest BCUT2D eigenvalue weighted by Crippen LogP contribution is 2.08. The second-order valence-corrected chi connectivity index (χ2v) is 4.56. The van der Waals surface area contributed by atoms with Crippen LogP contribution in [0.15, 0.2) is 0 Å². The number of carbonyl (C=O) groups excluding carboxylic acids is 1. The van der Waals surface area contributed by atoms with E-state index in [1.54, 1.807) is 0 Å². The number of hydrogen-bond donors (Lipinski definition) is 2. The van der Waals surface area contributed by atoms with Crippen LogP contribution in [-0.4, -0.2) is 30.7 Å². The predicted molar refractivity (Wildman–Crippen MR) is 61.5 cm³/mol. The van der Waals surface area contributed by atoms with Gasteiger partial charge in [0.25, 0.3) is 0 Å². The number of nitrogens with two attached hydrogens (primary N) is 1. The fourth-order valence-electron chi connectivity index (χ4n) is 1.14. The molecular weight excluding hydrogens is 192 g/mol. The Morgan fingerprint density at radius 3 is 2.40 bits per heavy atom. The first-order valence-electron chi connectivity index (χ1n) is 5.47. The van der Waals surface area contributed by atoms with E-state index in [1.807, 2.05) is 34.6 Å². The normalized spacial score (nSPS) is 15.9. The van der Waals surface area contributed by atoms with Crippen molar-refractivity contribution in [1.29, 1.82) is 0 Å². The van der Waals surface area contributed by atoms with Crippen LogP contribution in [0.2, 0.25) is 0 Å². The van der Waals surface area contributed by atoms with Gasteiger partial charge in [0.1, 0.15) is 0 Å². The summed E-state index contributed by atoms with van der Waals surface area (Å²) in [5.41, 5.74) is 5.33. The molecule has 0 heterocycles. The predicted octanol–water partition coefficient (Wildman–Crippen LogP) is 0.901. The Hall–Kier alpha value is -0.610. The fourth-order valence-corrected chi connectivity index (χ4v) is 1.14. The molecule has 90 valence electrons. The molecule has 0 radical (unpaired) electrons. The van der Waals surface area contributed by atoms with Crippen molar-refractivity contribution in [2.45, 2.75) is 46.3 Å². The van der Waals surface area contributed by atoms with Crippen LogP contribution >= 0.6 is 0 Å². The van der Waals surface area contributed by atoms with Crippen molar-refractivity contribution in [3.8, 4) is 0 Å². The highest BCUT2D eigenvalue weighted by atomic mass is 16.5. The monoisotopic (exact) mass is 216 g/mol. The van der Waals surface area contributed by atoms with Crippen LogP contribution in [0.5, 0.6) is 0 Å². The number of hydrogen-bond acceptors (Lipinski definition) is 3. The lowest BCUT2D eigenvalue weighted by Gasteiger charge is -2.26. The third-order valence-electron chi connectivity index (χ3n) is 2.43. The van der Waals surface area contributed by atoms with Gasteiger partial charge in [0.05, 0.1) is 5.60 Å². The van der Waals surface area contributed by atoms with Gasteiger partial charge in [-0.15, -0.1) is 0 Å². The van der Waals surface area contributed by atoms with Crippen molar-refractivity contribution >= 4 is 5.91 Å². The van der Waals surface area contributed by atoms with E-state index in [4.69, 9.17) is 10.5 Å². The smallest absolute Gasteiger partial charge is 0.224 e. The molecular formula is C11H24N2O2. The molecule has 0 aromatic rings. The zero-order valence-corrected chi connectivity index (χ0v) is 10.5. The molecule has 1 amide bonds. The van der Waals surface area contributed by atoms with Crippen molar-refractivity contribution < 1.29 is 9.53 Å². The summed E-state index contributed by atoms with van der Waals surface area (Å²) in [6.45, 7) is 10.7. The summed E-state index contributed by atoms with van der Waals surface area (Å²) in [5, 5.41) is 2.84. The summed E-state index contributed by atoms with van der Waals surface area (Å²) < 4.78 is 5.47. The van der Waals surface area contributed by atoms with Gasteiger partial charge in [-0.3, -0.25) is 4.79 Å². The van der Waals surface area contributed by atoms with Crippen molar-refractivity contribution in [3.63, 3.8) is 0 Å². The molecule has 2 atom stereocenters. The Morgan fingerprint density at radius 2 is 2.00 bits per heavy atom. The Bertz CT molecular complexity index is 203. The van der Waals surface area contributed by atoms with Crippen LogP contribution in [0, 0.1) is 5.92 Å². The van der Waals surface area contributed by atoms with E-state index in [2.05, 4.69) is 5.32 Å². The van der Waals surface area contributed by atoms with Gasteiger partial charge in [-0.25, -0.2) is 0 Å². The molecule has 0 rings (SSSR count). The van der Waals surface area contributed by atoms with E-state index in [0.29, 0.717) is 13.2 Å². The van der Waals surface area contributed by atoms with E-state index in [-0.39, 0.29) is 23.5 Å². The van der Waals surface area contributed by atoms with Gasteiger partial charge in [-0.2, -0.15) is 0 Å². The van der Waals surface area contributed by atoms with Crippen LogP contribution in [0.4, 0.5) is 0 Å². The van der Waals surface area contributed by atoms with E-state index >= 15 is 0 Å². The molecule has 0 saturated carbocycles. The molecule has 0 aliphatic heterocycles. The van der Waals surface area contributed by atoms with Crippen molar-refractivity contribution in [1.82, 2.24) is 5.32 Å². The van der Waals surface area contributed by atoms with Crippen molar-refractivity contribution in [2.24, 2.45) is 11.7 Å². The first-order chi connectivity index (χ1) is 6.80. The summed E-state index contributed by atoms with van der Waals surface area (Å²) in [6.07, 6.45) is 0. The zero-order valence-electron chi connectivity index (χ0n) is 10.5. The van der Waals surface area contributed by atoms with Crippen LogP contribution < -0.4 is 11.1 Å². The molecule has 0 fully saturated rings. The second-order valence-electron chi connectivity index (χ2n) is 4.56. The molecule has 15 heavy (non-hydrogen) atoms. The number of carbonyl (C=O) groups is 1. The minimum Gasteiger partial charge on any atom is -0.374 e. The van der Waals surface area contributed by atoms with Gasteiger partial charge in [-0.05, 0) is 27.7 Å². The third kappa shape index (κ3) is 5.74. The average Bonchev–Trinajstić information content (AvgIpc) is 2.13. The molecule has 0 saturated heterocycles. The molecule has 4 heteroatoms. The fraction of sp³-hybridized carbons (Fsp3) is 0.909. The van der Waals surface area contributed by atoms with E-state index < -0.39 is 0 Å². The van der Waals surface area contributed by atoms with Crippen LogP contribution in [0.25, 0.3) is 0 Å². The van der Waals surface area contributed by atoms with E-state index in [0.717, 1.165) is 0 Å². The quantitative estimate of drug-likeness (QED) is 0.693. The van der Waals surface area contributed by atoms with Crippen molar-refractivity contribution in [2.75, 3.05) is 13.2 Å². The van der Waals surface area contributed by atoms with Gasteiger partial charge in [0.2, 0.25) is 5.91 Å². The third-order valence-corrected chi connectivity index (χ3v) is 2.43. The number of rotatable bonds is 6. The first kappa shape index (κ1) is 14.4. The Kier molecular flexibility index (Phi) is 5.83. The van der Waals surface area contributed by atoms with Crippen LogP contribution in [-0.2, 0) is 9.53 Å². The highest BCUT2D eigenvalue weighted by molar-refractivity contribution is 5.78. The summed E-state index contributed by atoms with van der Waals surface area (Å²) in [6, 6.07) is -0.125. The maximum atomic E-state index is 11.6. The van der Waals surface area contributed by atoms with Crippen molar-refractivity contribution in [3.05, 3.63) is 0 Å². The number of nitrogens with one attached hydrogen (secondary N) is 1. The molecule has 0 aliphatic rings. The summed E-state index contributed by atoms with van der Waals surface area (Å²) in [7, 11) is 0. The second kappa shape index (κ2) is 6.08. The minimum absolute atomic E-state index is 0.0159. The van der Waals surface area contributed by atoms with E-state index in [1.165, 1.54) is 0 Å². The number of ether oxygens (including phenoxy) is 1. The number of amides is 1. The Labute approximate surface area is 92.6 Å². The summed E-state index contributed by atoms with van der Waals surface area (Å²) >= 11 is 0. The van der Waals surface area contributed by atoms with Gasteiger partial charge >= 0.3 is 0 Å². The lowest BCUT2D eigenvalue weighted by atomic mass is 10.0. The molecule has 0 aliphatic carbocycles. The molecule has 3 N–H and O–H groups in total. The molecule has 0 spiro atoms. The van der Waals surface area contributed by atoms with Gasteiger partial charge in [-0.1, -0.05) is 6.92 Å². The minimum atomic E-state index is -0.317. The topological polar surface area (TPSA) is 64.3 Å². The summed E-state index contributed by atoms with van der Waals surface area (Å²) in [4.78, 5) is 11.6. The molecule has 0 aromatic heterocycles. The van der Waals surface area contributed by atoms with Crippen LogP contribution in [0.1, 0.15) is 34.6 Å². The van der Waals surface area contributed by atoms with Crippen LogP contribution in [0.3, 0.4) is 0 Å². The lowest BCUT2D eigenvalue weighted by molar-refractivity contribution is -0.126. The molecule has 4 nitrogen and oxygen atoms in total. The maximum absolute atomic E-state index is 11.6. The maximum Gasteiger partial charge on any atom is 0.224 e. The standard InChI is InChI=1S/C11H24N2O2/c1-6-15-11(4,5)7-13-10(14)8(2)9(3)12/h8-9H,6-7,12H2,1-5H3,(H,13,14). The zero-order chi connectivity index (χ0) is 12.1. The van der Waals surface area contributed by atoms with Gasteiger partial charge in [0.15, 0.2) is 0 Å². The van der Waals surface area contributed by atoms with Gasteiger partial charge < -0.3 is 15.8 Å². The molecule has 2 unspecified atom stereocenters. The lowest BCUT2D eigenvalue weighted by Crippen LogP contribution is -2.45.